The Balaban J connectivity index is 1.21. The number of hydrogen-bond donors (Lipinski definition) is 0. The number of methoxy groups -OCH3 is 2. The van der Waals surface area contributed by atoms with Gasteiger partial charge in [-0.2, -0.15) is 0 Å². The van der Waals surface area contributed by atoms with Gasteiger partial charge in [-0.25, -0.2) is 0 Å². The van der Waals surface area contributed by atoms with Crippen molar-refractivity contribution in [3.63, 3.8) is 0 Å². The number of carbonyl (C=O) groups is 1. The zero-order valence-corrected chi connectivity index (χ0v) is 19.3. The van der Waals surface area contributed by atoms with Crippen LogP contribution in [0.3, 0.4) is 0 Å². The summed E-state index contributed by atoms with van der Waals surface area (Å²) in [5.41, 5.74) is 3.36. The van der Waals surface area contributed by atoms with Gasteiger partial charge in [0, 0.05) is 64.0 Å². The summed E-state index contributed by atoms with van der Waals surface area (Å²) >= 11 is 0. The third kappa shape index (κ3) is 4.93. The molecule has 1 fully saturated rings. The fourth-order valence-corrected chi connectivity index (χ4v) is 4.43. The summed E-state index contributed by atoms with van der Waals surface area (Å²) in [6.07, 6.45) is 2.37. The van der Waals surface area contributed by atoms with E-state index in [1.54, 1.807) is 19.1 Å². The average molecular weight is 440 g/mol. The van der Waals surface area contributed by atoms with Crippen LogP contribution >= 0.6 is 0 Å². The van der Waals surface area contributed by atoms with Crippen molar-refractivity contribution in [2.75, 3.05) is 70.4 Å². The lowest BCUT2D eigenvalue weighted by atomic mass is 10.0. The topological polar surface area (TPSA) is 54.5 Å². The Morgan fingerprint density at radius 3 is 2.44 bits per heavy atom. The molecule has 2 heterocycles. The maximum Gasteiger partial charge on any atom is 0.227 e. The van der Waals surface area contributed by atoms with E-state index < -0.39 is 0 Å². The highest BCUT2D eigenvalue weighted by Gasteiger charge is 2.21. The lowest BCUT2D eigenvalue weighted by molar-refractivity contribution is -0.118. The first kappa shape index (κ1) is 22.3. The van der Waals surface area contributed by atoms with Crippen molar-refractivity contribution >= 4 is 17.3 Å². The Kier molecular flexibility index (Phi) is 7.05. The van der Waals surface area contributed by atoms with Crippen molar-refractivity contribution in [2.45, 2.75) is 19.3 Å². The number of carbonyl (C=O) groups excluding carboxylic acids is 1. The summed E-state index contributed by atoms with van der Waals surface area (Å²) in [7, 11) is 5.17. The van der Waals surface area contributed by atoms with E-state index in [0.717, 1.165) is 68.5 Å². The second-order valence-electron chi connectivity index (χ2n) is 8.31. The highest BCUT2D eigenvalue weighted by atomic mass is 16.5. The van der Waals surface area contributed by atoms with E-state index in [4.69, 9.17) is 14.2 Å². The monoisotopic (exact) mass is 439 g/mol. The van der Waals surface area contributed by atoms with E-state index >= 15 is 0 Å². The molecule has 0 radical (unpaired) electrons. The molecular formula is C25H33N3O4. The summed E-state index contributed by atoms with van der Waals surface area (Å²) in [6.45, 7) is 5.72. The number of fused-ring (bicyclic) bond motifs is 1. The lowest BCUT2D eigenvalue weighted by Crippen LogP contribution is -2.46. The molecule has 0 atom stereocenters. The summed E-state index contributed by atoms with van der Waals surface area (Å²) in [5, 5.41) is 0. The largest absolute Gasteiger partial charge is 0.493 e. The first-order valence-electron chi connectivity index (χ1n) is 11.3. The van der Waals surface area contributed by atoms with Crippen LogP contribution in [-0.2, 0) is 11.2 Å². The maximum absolute atomic E-state index is 11.9. The Hall–Kier alpha value is -2.93. The molecule has 7 heteroatoms. The molecule has 0 unspecified atom stereocenters. The summed E-state index contributed by atoms with van der Waals surface area (Å²) in [6, 6.07) is 12.2. The van der Waals surface area contributed by atoms with Crippen LogP contribution in [0.4, 0.5) is 11.4 Å². The van der Waals surface area contributed by atoms with Crippen LogP contribution in [0.1, 0.15) is 18.4 Å². The van der Waals surface area contributed by atoms with Crippen LogP contribution < -0.4 is 24.0 Å². The fourth-order valence-electron chi connectivity index (χ4n) is 4.43. The van der Waals surface area contributed by atoms with Gasteiger partial charge < -0.3 is 24.0 Å². The normalized spacial score (nSPS) is 16.7. The first-order valence-corrected chi connectivity index (χ1v) is 11.3. The van der Waals surface area contributed by atoms with E-state index in [1.807, 2.05) is 31.3 Å². The van der Waals surface area contributed by atoms with Gasteiger partial charge in [-0.05, 0) is 36.6 Å². The molecule has 1 amide bonds. The number of rotatable bonds is 8. The molecule has 1 saturated heterocycles. The number of piperazine rings is 1. The number of benzene rings is 2. The standard InChI is InChI=1S/C25H33N3O4/c1-26-22-18-21(8-5-19(22)6-10-25(26)29)32-16-4-11-27-12-14-28(15-13-27)20-7-9-23(30-2)24(17-20)31-3/h5,7-9,17-18H,4,6,10-16H2,1-3H3. The maximum atomic E-state index is 11.9. The average Bonchev–Trinajstić information content (AvgIpc) is 2.84. The second kappa shape index (κ2) is 10.1. The molecule has 0 aliphatic carbocycles. The predicted molar refractivity (Wildman–Crippen MR) is 126 cm³/mol. The van der Waals surface area contributed by atoms with Crippen molar-refractivity contribution in [2.24, 2.45) is 0 Å². The van der Waals surface area contributed by atoms with Crippen LogP contribution in [0.5, 0.6) is 17.2 Å². The Bertz CT molecular complexity index is 941. The summed E-state index contributed by atoms with van der Waals surface area (Å²) < 4.78 is 16.8. The minimum atomic E-state index is 0.168. The van der Waals surface area contributed by atoms with Crippen molar-refractivity contribution in [1.29, 1.82) is 0 Å². The number of nitrogens with zero attached hydrogens (tertiary/aromatic N) is 3. The SMILES string of the molecule is COc1ccc(N2CCN(CCCOc3ccc4c(c3)N(C)C(=O)CC4)CC2)cc1OC. The number of ether oxygens (including phenoxy) is 3. The van der Waals surface area contributed by atoms with Gasteiger partial charge in [-0.15, -0.1) is 0 Å². The fraction of sp³-hybridized carbons (Fsp3) is 0.480. The molecule has 172 valence electrons. The van der Waals surface area contributed by atoms with Crippen LogP contribution in [0.15, 0.2) is 36.4 Å². The number of anilines is 2. The molecule has 7 nitrogen and oxygen atoms in total. The summed E-state index contributed by atoms with van der Waals surface area (Å²) in [5.74, 6) is 2.53. The van der Waals surface area contributed by atoms with Gasteiger partial charge in [0.25, 0.3) is 0 Å². The highest BCUT2D eigenvalue weighted by molar-refractivity contribution is 5.96. The molecule has 0 spiro atoms. The molecule has 4 rings (SSSR count). The molecule has 0 N–H and O–H groups in total. The minimum Gasteiger partial charge on any atom is -0.493 e. The van der Waals surface area contributed by atoms with Gasteiger partial charge in [0.2, 0.25) is 5.91 Å². The van der Waals surface area contributed by atoms with Crippen molar-refractivity contribution in [3.8, 4) is 17.2 Å². The van der Waals surface area contributed by atoms with Gasteiger partial charge in [0.1, 0.15) is 5.75 Å². The van der Waals surface area contributed by atoms with E-state index in [2.05, 4.69) is 21.9 Å². The van der Waals surface area contributed by atoms with Gasteiger partial charge >= 0.3 is 0 Å². The number of aryl methyl sites for hydroxylation is 1. The highest BCUT2D eigenvalue weighted by Crippen LogP contribution is 2.32. The second-order valence-corrected chi connectivity index (χ2v) is 8.31. The molecule has 32 heavy (non-hydrogen) atoms. The van der Waals surface area contributed by atoms with E-state index in [9.17, 15) is 4.79 Å². The molecule has 2 aromatic rings. The zero-order chi connectivity index (χ0) is 22.5. The quantitative estimate of drug-likeness (QED) is 0.589. The number of amides is 1. The van der Waals surface area contributed by atoms with Crippen molar-refractivity contribution < 1.29 is 19.0 Å². The van der Waals surface area contributed by atoms with Crippen LogP contribution in [0.2, 0.25) is 0 Å². The molecule has 0 bridgehead atoms. The van der Waals surface area contributed by atoms with Gasteiger partial charge in [0.05, 0.1) is 26.5 Å². The van der Waals surface area contributed by atoms with Gasteiger partial charge in [0.15, 0.2) is 11.5 Å². The van der Waals surface area contributed by atoms with E-state index in [1.165, 1.54) is 11.3 Å². The molecule has 0 aromatic heterocycles. The Morgan fingerprint density at radius 2 is 1.69 bits per heavy atom. The van der Waals surface area contributed by atoms with Crippen LogP contribution in [-0.4, -0.2) is 71.4 Å². The molecular weight excluding hydrogens is 406 g/mol. The van der Waals surface area contributed by atoms with E-state index in [0.29, 0.717) is 13.0 Å². The Morgan fingerprint density at radius 1 is 0.906 bits per heavy atom. The Labute approximate surface area is 190 Å². The molecule has 2 aliphatic rings. The predicted octanol–water partition coefficient (Wildman–Crippen LogP) is 3.20. The molecule has 2 aliphatic heterocycles. The number of hydrogen-bond acceptors (Lipinski definition) is 6. The molecule has 2 aromatic carbocycles. The minimum absolute atomic E-state index is 0.168. The van der Waals surface area contributed by atoms with Crippen molar-refractivity contribution in [1.82, 2.24) is 4.90 Å². The molecule has 0 saturated carbocycles. The van der Waals surface area contributed by atoms with E-state index in [-0.39, 0.29) is 5.91 Å². The van der Waals surface area contributed by atoms with Crippen LogP contribution in [0, 0.1) is 0 Å². The van der Waals surface area contributed by atoms with Crippen molar-refractivity contribution in [3.05, 3.63) is 42.0 Å². The smallest absolute Gasteiger partial charge is 0.227 e. The first-order chi connectivity index (χ1) is 15.6. The van der Waals surface area contributed by atoms with Gasteiger partial charge in [-0.3, -0.25) is 9.69 Å². The summed E-state index contributed by atoms with van der Waals surface area (Å²) in [4.78, 5) is 18.6. The lowest BCUT2D eigenvalue weighted by Gasteiger charge is -2.36. The van der Waals surface area contributed by atoms with Gasteiger partial charge in [-0.1, -0.05) is 6.07 Å². The zero-order valence-electron chi connectivity index (χ0n) is 19.3. The van der Waals surface area contributed by atoms with Crippen LogP contribution in [0.25, 0.3) is 0 Å². The third-order valence-corrected chi connectivity index (χ3v) is 6.39. The third-order valence-electron chi connectivity index (χ3n) is 6.39.